The molecular formula is C15H8F3N3O6S. The summed E-state index contributed by atoms with van der Waals surface area (Å²) in [4.78, 5) is 9.68. The molecule has 0 aliphatic carbocycles. The Hall–Kier alpha value is -3.48. The molecule has 3 aromatic rings. The van der Waals surface area contributed by atoms with Gasteiger partial charge in [-0.1, -0.05) is 0 Å². The predicted molar refractivity (Wildman–Crippen MR) is 87.5 cm³/mol. The average Bonchev–Trinajstić information content (AvgIpc) is 3.11. The normalized spacial score (nSPS) is 11.5. The van der Waals surface area contributed by atoms with Gasteiger partial charge in [0, 0.05) is 16.5 Å². The van der Waals surface area contributed by atoms with E-state index in [0.717, 1.165) is 30.3 Å². The fourth-order valence-corrected chi connectivity index (χ4v) is 2.84. The van der Waals surface area contributed by atoms with Crippen molar-refractivity contribution in [2.75, 3.05) is 0 Å². The average molecular weight is 415 g/mol. The molecule has 0 aliphatic heterocycles. The topological polar surface area (TPSA) is 143 Å². The smallest absolute Gasteiger partial charge is 0.374 e. The largest absolute Gasteiger partial charge is 0.505 e. The second-order valence-electron chi connectivity index (χ2n) is 5.26. The van der Waals surface area contributed by atoms with E-state index in [1.165, 1.54) is 0 Å². The summed E-state index contributed by atoms with van der Waals surface area (Å²) >= 11 is -0.110. The van der Waals surface area contributed by atoms with Crippen molar-refractivity contribution < 1.29 is 37.8 Å². The summed E-state index contributed by atoms with van der Waals surface area (Å²) in [7, 11) is 0. The molecule has 0 amide bonds. The number of alkyl halides is 2. The number of nitro benzene ring substituents is 1. The van der Waals surface area contributed by atoms with Crippen LogP contribution >= 0.6 is 11.8 Å². The van der Waals surface area contributed by atoms with Crippen LogP contribution in [0.25, 0.3) is 11.5 Å². The maximum Gasteiger partial charge on any atom is 0.374 e. The molecule has 0 saturated heterocycles. The lowest BCUT2D eigenvalue weighted by molar-refractivity contribution is -0.385. The van der Waals surface area contributed by atoms with Gasteiger partial charge in [-0.25, -0.2) is 4.39 Å². The highest BCUT2D eigenvalue weighted by molar-refractivity contribution is 8.00. The van der Waals surface area contributed by atoms with E-state index >= 15 is 0 Å². The molecule has 0 unspecified atom stereocenters. The van der Waals surface area contributed by atoms with Gasteiger partial charge in [0.25, 0.3) is 5.89 Å². The summed E-state index contributed by atoms with van der Waals surface area (Å²) < 4.78 is 46.6. The van der Waals surface area contributed by atoms with Gasteiger partial charge in [-0.3, -0.25) is 10.1 Å². The summed E-state index contributed by atoms with van der Waals surface area (Å²) in [6.07, 6.45) is 0. The summed E-state index contributed by atoms with van der Waals surface area (Å²) in [5.41, 5.74) is -1.17. The van der Waals surface area contributed by atoms with E-state index < -0.39 is 50.7 Å². The van der Waals surface area contributed by atoms with Crippen molar-refractivity contribution in [3.63, 3.8) is 0 Å². The first-order chi connectivity index (χ1) is 13.1. The van der Waals surface area contributed by atoms with Crippen molar-refractivity contribution in [1.82, 2.24) is 10.2 Å². The molecule has 9 nitrogen and oxygen atoms in total. The minimum absolute atomic E-state index is 0.110. The number of hydrogen-bond donors (Lipinski definition) is 3. The Bertz CT molecular complexity index is 1080. The molecule has 0 saturated carbocycles. The lowest BCUT2D eigenvalue weighted by Crippen LogP contribution is -2.08. The van der Waals surface area contributed by atoms with Crippen molar-refractivity contribution in [1.29, 1.82) is 0 Å². The standard InChI is InChI=1S/C15H8F3N3O6S/c16-8-2-1-7(5-10(8)22)28-15(17,18)14-20-19-13(27-14)6-3-9(21(25)26)12(24)11(23)4-6/h1-5,22-24H. The lowest BCUT2D eigenvalue weighted by Gasteiger charge is -2.11. The molecule has 1 aromatic heterocycles. The third-order valence-corrected chi connectivity index (χ3v) is 4.27. The van der Waals surface area contributed by atoms with Crippen LogP contribution in [0.15, 0.2) is 39.6 Å². The van der Waals surface area contributed by atoms with E-state index in [0.29, 0.717) is 0 Å². The van der Waals surface area contributed by atoms with Crippen LogP contribution in [0.2, 0.25) is 0 Å². The number of phenols is 3. The number of rotatable bonds is 5. The third-order valence-electron chi connectivity index (χ3n) is 3.35. The Morgan fingerprint density at radius 3 is 2.46 bits per heavy atom. The molecule has 3 rings (SSSR count). The number of phenolic OH excluding ortho intramolecular Hbond substituents is 3. The molecular weight excluding hydrogens is 407 g/mol. The van der Waals surface area contributed by atoms with Crippen LogP contribution in [0.1, 0.15) is 5.89 Å². The van der Waals surface area contributed by atoms with Gasteiger partial charge in [-0.05, 0) is 36.0 Å². The van der Waals surface area contributed by atoms with Crippen LogP contribution in [0.5, 0.6) is 17.2 Å². The first-order valence-electron chi connectivity index (χ1n) is 7.18. The highest BCUT2D eigenvalue weighted by Crippen LogP contribution is 2.45. The van der Waals surface area contributed by atoms with Crippen LogP contribution in [0.3, 0.4) is 0 Å². The molecule has 3 N–H and O–H groups in total. The molecule has 0 radical (unpaired) electrons. The van der Waals surface area contributed by atoms with Gasteiger partial charge >= 0.3 is 10.9 Å². The second kappa shape index (κ2) is 6.92. The summed E-state index contributed by atoms with van der Waals surface area (Å²) in [5.74, 6) is -5.44. The van der Waals surface area contributed by atoms with E-state index in [2.05, 4.69) is 10.2 Å². The minimum Gasteiger partial charge on any atom is -0.505 e. The Morgan fingerprint density at radius 2 is 1.82 bits per heavy atom. The zero-order chi connectivity index (χ0) is 20.6. The van der Waals surface area contributed by atoms with Crippen molar-refractivity contribution in [2.45, 2.75) is 10.2 Å². The first kappa shape index (κ1) is 19.3. The zero-order valence-corrected chi connectivity index (χ0v) is 14.2. The molecule has 2 aromatic carbocycles. The third kappa shape index (κ3) is 3.64. The quantitative estimate of drug-likeness (QED) is 0.246. The molecule has 0 aliphatic rings. The maximum absolute atomic E-state index is 14.3. The molecule has 146 valence electrons. The summed E-state index contributed by atoms with van der Waals surface area (Å²) in [5, 5.41) is 41.9. The Kier molecular flexibility index (Phi) is 4.77. The molecule has 13 heteroatoms. The fraction of sp³-hybridized carbons (Fsp3) is 0.0667. The van der Waals surface area contributed by atoms with Gasteiger partial charge in [-0.15, -0.1) is 10.2 Å². The van der Waals surface area contributed by atoms with Crippen molar-refractivity contribution in [3.05, 3.63) is 52.2 Å². The molecule has 0 atom stereocenters. The highest BCUT2D eigenvalue weighted by atomic mass is 32.2. The van der Waals surface area contributed by atoms with Crippen LogP contribution in [-0.4, -0.2) is 30.4 Å². The van der Waals surface area contributed by atoms with Gasteiger partial charge in [0.05, 0.1) is 4.92 Å². The van der Waals surface area contributed by atoms with E-state index in [1.54, 1.807) is 0 Å². The summed E-state index contributed by atoms with van der Waals surface area (Å²) in [6, 6.07) is 4.17. The first-order valence-corrected chi connectivity index (χ1v) is 8.00. The van der Waals surface area contributed by atoms with Crippen LogP contribution < -0.4 is 0 Å². The van der Waals surface area contributed by atoms with E-state index in [4.69, 9.17) is 4.42 Å². The number of aromatic nitrogens is 2. The van der Waals surface area contributed by atoms with Gasteiger partial charge in [0.1, 0.15) is 0 Å². The van der Waals surface area contributed by atoms with Gasteiger partial charge in [-0.2, -0.15) is 8.78 Å². The Labute approximate surface area is 157 Å². The number of nitro groups is 1. The Balaban J connectivity index is 1.92. The molecule has 0 fully saturated rings. The lowest BCUT2D eigenvalue weighted by atomic mass is 10.1. The van der Waals surface area contributed by atoms with Gasteiger partial charge in [0.2, 0.25) is 11.6 Å². The maximum atomic E-state index is 14.3. The van der Waals surface area contributed by atoms with Crippen LogP contribution in [-0.2, 0) is 5.25 Å². The van der Waals surface area contributed by atoms with Crippen molar-refractivity contribution >= 4 is 17.4 Å². The highest BCUT2D eigenvalue weighted by Gasteiger charge is 2.40. The number of aromatic hydroxyl groups is 3. The molecule has 28 heavy (non-hydrogen) atoms. The molecule has 0 bridgehead atoms. The number of halogens is 3. The van der Waals surface area contributed by atoms with Gasteiger partial charge in [0.15, 0.2) is 17.3 Å². The number of hydrogen-bond acceptors (Lipinski definition) is 9. The van der Waals surface area contributed by atoms with Crippen molar-refractivity contribution in [2.24, 2.45) is 0 Å². The monoisotopic (exact) mass is 415 g/mol. The Morgan fingerprint density at radius 1 is 1.11 bits per heavy atom. The van der Waals surface area contributed by atoms with Crippen LogP contribution in [0.4, 0.5) is 18.9 Å². The zero-order valence-electron chi connectivity index (χ0n) is 13.3. The van der Waals surface area contributed by atoms with Gasteiger partial charge < -0.3 is 19.7 Å². The van der Waals surface area contributed by atoms with E-state index in [1.807, 2.05) is 0 Å². The SMILES string of the molecule is O=[N+]([O-])c1cc(-c2nnc(C(F)(F)Sc3ccc(F)c(O)c3)o2)cc(O)c1O. The van der Waals surface area contributed by atoms with E-state index in [-0.39, 0.29) is 22.2 Å². The number of benzene rings is 2. The van der Waals surface area contributed by atoms with Crippen LogP contribution in [0, 0.1) is 15.9 Å². The number of thioether (sulfide) groups is 1. The summed E-state index contributed by atoms with van der Waals surface area (Å²) in [6.45, 7) is 0. The minimum atomic E-state index is -3.79. The fourth-order valence-electron chi connectivity index (χ4n) is 2.07. The predicted octanol–water partition coefficient (Wildman–Crippen LogP) is 3.74. The van der Waals surface area contributed by atoms with Crippen molar-refractivity contribution in [3.8, 4) is 28.7 Å². The molecule has 0 spiro atoms. The number of nitrogens with zero attached hydrogens (tertiary/aromatic N) is 3. The second-order valence-corrected chi connectivity index (χ2v) is 6.45. The molecule has 1 heterocycles. The van der Waals surface area contributed by atoms with E-state index in [9.17, 15) is 38.6 Å².